The first kappa shape index (κ1) is 10.9. The summed E-state index contributed by atoms with van der Waals surface area (Å²) >= 11 is 4.35. The fourth-order valence-electron chi connectivity index (χ4n) is 1.78. The highest BCUT2D eigenvalue weighted by molar-refractivity contribution is 7.80. The van der Waals surface area contributed by atoms with E-state index in [-0.39, 0.29) is 0 Å². The summed E-state index contributed by atoms with van der Waals surface area (Å²) in [5.74, 6) is -0.293. The number of aliphatic carboxylic acids is 1. The smallest absolute Gasteiger partial charge is 0.303 e. The van der Waals surface area contributed by atoms with E-state index in [0.717, 1.165) is 25.9 Å². The second kappa shape index (κ2) is 4.86. The van der Waals surface area contributed by atoms with E-state index in [4.69, 9.17) is 5.11 Å². The number of carbonyl (C=O) groups is 1. The average molecular weight is 203 g/mol. The Morgan fingerprint density at radius 2 is 2.15 bits per heavy atom. The maximum Gasteiger partial charge on any atom is 0.303 e. The molecule has 0 bridgehead atoms. The number of nitrogens with zero attached hydrogens (tertiary/aromatic N) is 1. The Morgan fingerprint density at radius 1 is 1.62 bits per heavy atom. The summed E-state index contributed by atoms with van der Waals surface area (Å²) in [4.78, 5) is 12.7. The lowest BCUT2D eigenvalue weighted by molar-refractivity contribution is -0.138. The van der Waals surface area contributed by atoms with Gasteiger partial charge in [-0.25, -0.2) is 0 Å². The molecule has 0 aromatic rings. The highest BCUT2D eigenvalue weighted by Gasteiger charge is 2.22. The van der Waals surface area contributed by atoms with Crippen LogP contribution in [-0.2, 0) is 4.79 Å². The summed E-state index contributed by atoms with van der Waals surface area (Å²) in [7, 11) is 0. The third-order valence-corrected chi connectivity index (χ3v) is 2.97. The van der Waals surface area contributed by atoms with Gasteiger partial charge in [0.1, 0.15) is 0 Å². The summed E-state index contributed by atoms with van der Waals surface area (Å²) in [6.07, 6.45) is 2.32. The second-order valence-electron chi connectivity index (χ2n) is 3.71. The lowest BCUT2D eigenvalue weighted by Crippen LogP contribution is -2.37. The molecule has 13 heavy (non-hydrogen) atoms. The molecule has 0 spiro atoms. The van der Waals surface area contributed by atoms with Gasteiger partial charge in [0.05, 0.1) is 0 Å². The summed E-state index contributed by atoms with van der Waals surface area (Å²) in [6, 6.07) is 0. The van der Waals surface area contributed by atoms with Crippen molar-refractivity contribution in [2.45, 2.75) is 31.6 Å². The molecular formula is C9H17NO2S. The van der Waals surface area contributed by atoms with Crippen LogP contribution < -0.4 is 0 Å². The van der Waals surface area contributed by atoms with Crippen LogP contribution in [0.2, 0.25) is 0 Å². The number of rotatable bonds is 3. The molecule has 1 saturated heterocycles. The third kappa shape index (κ3) is 3.56. The predicted octanol–water partition coefficient (Wildman–Crippen LogP) is 1.45. The molecule has 0 saturated carbocycles. The fourth-order valence-corrected chi connectivity index (χ4v) is 2.01. The van der Waals surface area contributed by atoms with Gasteiger partial charge < -0.3 is 5.11 Å². The van der Waals surface area contributed by atoms with Gasteiger partial charge in [-0.15, -0.1) is 0 Å². The highest BCUT2D eigenvalue weighted by Crippen LogP contribution is 2.22. The zero-order valence-electron chi connectivity index (χ0n) is 7.94. The lowest BCUT2D eigenvalue weighted by Gasteiger charge is -2.33. The Morgan fingerprint density at radius 3 is 2.54 bits per heavy atom. The largest absolute Gasteiger partial charge is 0.481 e. The van der Waals surface area contributed by atoms with Gasteiger partial charge in [0.25, 0.3) is 0 Å². The number of hydrogen-bond acceptors (Lipinski definition) is 3. The topological polar surface area (TPSA) is 40.5 Å². The number of carboxylic acid groups (broad SMARTS) is 1. The van der Waals surface area contributed by atoms with Gasteiger partial charge in [0, 0.05) is 11.8 Å². The minimum atomic E-state index is -0.669. The lowest BCUT2D eigenvalue weighted by atomic mass is 9.94. The molecule has 76 valence electrons. The molecule has 1 unspecified atom stereocenters. The summed E-state index contributed by atoms with van der Waals surface area (Å²) in [6.45, 7) is 4.03. The molecule has 4 heteroatoms. The monoisotopic (exact) mass is 203 g/mol. The molecule has 1 rings (SSSR count). The maximum absolute atomic E-state index is 10.5. The van der Waals surface area contributed by atoms with Crippen LogP contribution in [0.4, 0.5) is 0 Å². The minimum Gasteiger partial charge on any atom is -0.481 e. The van der Waals surface area contributed by atoms with E-state index >= 15 is 0 Å². The summed E-state index contributed by atoms with van der Waals surface area (Å²) < 4.78 is 0. The molecule has 0 amide bonds. The quantitative estimate of drug-likeness (QED) is 0.682. The van der Waals surface area contributed by atoms with Gasteiger partial charge in [0.15, 0.2) is 0 Å². The van der Waals surface area contributed by atoms with Crippen LogP contribution >= 0.6 is 12.6 Å². The average Bonchev–Trinajstić information content (AvgIpc) is 2.04. The molecule has 1 atom stereocenters. The van der Waals surface area contributed by atoms with E-state index in [1.54, 1.807) is 0 Å². The van der Waals surface area contributed by atoms with Crippen molar-refractivity contribution < 1.29 is 9.90 Å². The molecule has 1 aliphatic rings. The Bertz CT molecular complexity index is 176. The van der Waals surface area contributed by atoms with Gasteiger partial charge in [0.2, 0.25) is 0 Å². The van der Waals surface area contributed by atoms with Crippen LogP contribution in [0.15, 0.2) is 0 Å². The molecule has 1 aliphatic heterocycles. The van der Waals surface area contributed by atoms with E-state index in [9.17, 15) is 4.79 Å². The minimum absolute atomic E-state index is 0.297. The van der Waals surface area contributed by atoms with Crippen molar-refractivity contribution in [2.24, 2.45) is 5.92 Å². The Kier molecular flexibility index (Phi) is 4.06. The first-order valence-electron chi connectivity index (χ1n) is 4.73. The molecule has 0 aromatic carbocycles. The van der Waals surface area contributed by atoms with E-state index in [1.165, 1.54) is 0 Å². The number of thiol groups is 1. The third-order valence-electron chi connectivity index (χ3n) is 2.64. The van der Waals surface area contributed by atoms with E-state index < -0.39 is 5.97 Å². The fraction of sp³-hybridized carbons (Fsp3) is 0.889. The predicted molar refractivity (Wildman–Crippen MR) is 55.0 cm³/mol. The van der Waals surface area contributed by atoms with Crippen LogP contribution in [0.3, 0.4) is 0 Å². The van der Waals surface area contributed by atoms with Crippen molar-refractivity contribution in [3.05, 3.63) is 0 Å². The van der Waals surface area contributed by atoms with Crippen molar-refractivity contribution >= 4 is 18.6 Å². The molecular weight excluding hydrogens is 186 g/mol. The molecule has 1 N–H and O–H groups in total. The standard InChI is InChI=1S/C9H17NO2S/c1-7(13)10-4-2-8(3-5-10)6-9(11)12/h7-8,13H,2-6H2,1H3,(H,11,12). The normalized spacial score (nSPS) is 22.9. The van der Waals surface area contributed by atoms with E-state index in [2.05, 4.69) is 24.5 Å². The van der Waals surface area contributed by atoms with E-state index in [1.807, 2.05) is 0 Å². The van der Waals surface area contributed by atoms with Gasteiger partial charge in [-0.1, -0.05) is 0 Å². The first-order valence-corrected chi connectivity index (χ1v) is 5.25. The number of piperidine rings is 1. The highest BCUT2D eigenvalue weighted by atomic mass is 32.1. The van der Waals surface area contributed by atoms with Crippen LogP contribution in [0.5, 0.6) is 0 Å². The summed E-state index contributed by atoms with van der Waals surface area (Å²) in [5.41, 5.74) is 0. The zero-order valence-corrected chi connectivity index (χ0v) is 8.83. The zero-order chi connectivity index (χ0) is 9.84. The molecule has 3 nitrogen and oxygen atoms in total. The van der Waals surface area contributed by atoms with Crippen molar-refractivity contribution in [2.75, 3.05) is 13.1 Å². The van der Waals surface area contributed by atoms with Crippen LogP contribution in [0, 0.1) is 5.92 Å². The molecule has 0 aromatic heterocycles. The van der Waals surface area contributed by atoms with Crippen molar-refractivity contribution in [3.8, 4) is 0 Å². The maximum atomic E-state index is 10.5. The molecule has 0 aliphatic carbocycles. The first-order chi connectivity index (χ1) is 6.09. The molecule has 1 heterocycles. The SMILES string of the molecule is CC(S)N1CCC(CC(=O)O)CC1. The van der Waals surface area contributed by atoms with Crippen molar-refractivity contribution in [3.63, 3.8) is 0 Å². The van der Waals surface area contributed by atoms with Gasteiger partial charge >= 0.3 is 5.97 Å². The van der Waals surface area contributed by atoms with Crippen molar-refractivity contribution in [1.29, 1.82) is 0 Å². The van der Waals surface area contributed by atoms with Gasteiger partial charge in [-0.3, -0.25) is 9.69 Å². The Hall–Kier alpha value is -0.220. The van der Waals surface area contributed by atoms with Gasteiger partial charge in [-0.05, 0) is 38.8 Å². The second-order valence-corrected chi connectivity index (χ2v) is 4.46. The van der Waals surface area contributed by atoms with Gasteiger partial charge in [-0.2, -0.15) is 12.6 Å². The number of likely N-dealkylation sites (tertiary alicyclic amines) is 1. The Balaban J connectivity index is 2.26. The van der Waals surface area contributed by atoms with Crippen LogP contribution in [0.1, 0.15) is 26.2 Å². The van der Waals surface area contributed by atoms with Crippen molar-refractivity contribution in [1.82, 2.24) is 4.90 Å². The molecule has 0 radical (unpaired) electrons. The number of hydrogen-bond donors (Lipinski definition) is 2. The molecule has 1 fully saturated rings. The summed E-state index contributed by atoms with van der Waals surface area (Å²) in [5, 5.41) is 8.91. The Labute approximate surface area is 84.5 Å². The van der Waals surface area contributed by atoms with Crippen LogP contribution in [0.25, 0.3) is 0 Å². The van der Waals surface area contributed by atoms with Crippen LogP contribution in [-0.4, -0.2) is 34.4 Å². The van der Waals surface area contributed by atoms with E-state index in [0.29, 0.717) is 17.7 Å². The number of carboxylic acids is 1.